The Hall–Kier alpha value is -1.84. The zero-order valence-corrected chi connectivity index (χ0v) is 15.9. The van der Waals surface area contributed by atoms with Crippen LogP contribution in [-0.2, 0) is 26.2 Å². The van der Waals surface area contributed by atoms with Crippen LogP contribution in [0.15, 0.2) is 24.3 Å². The largest absolute Gasteiger partial charge is 0.467 e. The molecule has 0 bridgehead atoms. The lowest BCUT2D eigenvalue weighted by Gasteiger charge is -2.24. The van der Waals surface area contributed by atoms with Gasteiger partial charge in [0.1, 0.15) is 6.04 Å². The summed E-state index contributed by atoms with van der Waals surface area (Å²) in [5.41, 5.74) is 2.36. The number of amides is 1. The molecule has 1 aromatic carbocycles. The third kappa shape index (κ3) is 5.58. The minimum Gasteiger partial charge on any atom is -0.467 e. The smallest absolute Gasteiger partial charge is 0.328 e. The van der Waals surface area contributed by atoms with Gasteiger partial charge in [0.15, 0.2) is 0 Å². The first-order valence-electron chi connectivity index (χ1n) is 9.29. The minimum absolute atomic E-state index is 0.0126. The highest BCUT2D eigenvalue weighted by atomic mass is 16.5. The molecule has 0 unspecified atom stereocenters. The number of ether oxygens (including phenoxy) is 1. The van der Waals surface area contributed by atoms with Crippen molar-refractivity contribution >= 4 is 11.9 Å². The summed E-state index contributed by atoms with van der Waals surface area (Å²) in [5.74, 6) is -0.366. The Morgan fingerprint density at radius 2 is 1.72 bits per heavy atom. The maximum atomic E-state index is 12.5. The number of esters is 1. The van der Waals surface area contributed by atoms with Crippen LogP contribution in [0.5, 0.6) is 0 Å². The molecule has 1 aliphatic rings. The summed E-state index contributed by atoms with van der Waals surface area (Å²) in [5, 5.41) is 2.92. The van der Waals surface area contributed by atoms with E-state index in [1.807, 2.05) is 12.1 Å². The second-order valence-electron chi connectivity index (χ2n) is 8.07. The van der Waals surface area contributed by atoms with E-state index < -0.39 is 6.04 Å². The van der Waals surface area contributed by atoms with E-state index in [9.17, 15) is 9.59 Å². The lowest BCUT2D eigenvalue weighted by Crippen LogP contribution is -2.45. The number of benzene rings is 1. The van der Waals surface area contributed by atoms with Crippen LogP contribution < -0.4 is 5.32 Å². The van der Waals surface area contributed by atoms with Gasteiger partial charge in [-0.15, -0.1) is 0 Å². The first-order chi connectivity index (χ1) is 11.8. The summed E-state index contributed by atoms with van der Waals surface area (Å²) in [6.45, 7) is 6.51. The van der Waals surface area contributed by atoms with E-state index in [4.69, 9.17) is 4.74 Å². The van der Waals surface area contributed by atoms with Crippen LogP contribution in [0.25, 0.3) is 0 Å². The Bertz CT molecular complexity index is 580. The molecule has 0 radical (unpaired) electrons. The lowest BCUT2D eigenvalue weighted by molar-refractivity contribution is -0.145. The molecule has 1 saturated carbocycles. The predicted molar refractivity (Wildman–Crippen MR) is 99.4 cm³/mol. The average molecular weight is 345 g/mol. The van der Waals surface area contributed by atoms with E-state index in [1.54, 1.807) is 0 Å². The summed E-state index contributed by atoms with van der Waals surface area (Å²) in [7, 11) is 1.37. The molecule has 0 spiro atoms. The van der Waals surface area contributed by atoms with Crippen LogP contribution in [0, 0.1) is 5.92 Å². The van der Waals surface area contributed by atoms with E-state index >= 15 is 0 Å². The van der Waals surface area contributed by atoms with E-state index in [0.29, 0.717) is 6.42 Å². The molecular formula is C21H31NO3. The van der Waals surface area contributed by atoms with Crippen LogP contribution in [0.3, 0.4) is 0 Å². The summed E-state index contributed by atoms with van der Waals surface area (Å²) in [4.78, 5) is 24.6. The van der Waals surface area contributed by atoms with Crippen molar-refractivity contribution in [2.45, 2.75) is 70.8 Å². The van der Waals surface area contributed by atoms with Gasteiger partial charge in [-0.2, -0.15) is 0 Å². The summed E-state index contributed by atoms with van der Waals surface area (Å²) in [6.07, 6.45) is 5.67. The highest BCUT2D eigenvalue weighted by Crippen LogP contribution is 2.24. The third-order valence-electron chi connectivity index (χ3n) is 5.04. The molecule has 1 N–H and O–H groups in total. The van der Waals surface area contributed by atoms with E-state index in [2.05, 4.69) is 38.2 Å². The first-order valence-corrected chi connectivity index (χ1v) is 9.29. The fourth-order valence-corrected chi connectivity index (χ4v) is 3.37. The molecule has 0 aromatic heterocycles. The summed E-state index contributed by atoms with van der Waals surface area (Å²) in [6, 6.07) is 7.62. The normalized spacial score (nSPS) is 17.0. The van der Waals surface area contributed by atoms with Gasteiger partial charge in [-0.1, -0.05) is 64.3 Å². The van der Waals surface area contributed by atoms with Crippen molar-refractivity contribution in [2.75, 3.05) is 7.11 Å². The zero-order chi connectivity index (χ0) is 18.4. The van der Waals surface area contributed by atoms with Gasteiger partial charge in [-0.05, 0) is 29.4 Å². The van der Waals surface area contributed by atoms with Gasteiger partial charge in [-0.3, -0.25) is 4.79 Å². The molecule has 25 heavy (non-hydrogen) atoms. The monoisotopic (exact) mass is 345 g/mol. The Labute approximate surface area is 151 Å². The molecule has 1 atom stereocenters. The van der Waals surface area contributed by atoms with Gasteiger partial charge in [0.05, 0.1) is 7.11 Å². The maximum Gasteiger partial charge on any atom is 0.328 e. The highest BCUT2D eigenvalue weighted by Gasteiger charge is 2.27. The third-order valence-corrected chi connectivity index (χ3v) is 5.04. The average Bonchev–Trinajstić information content (AvgIpc) is 2.60. The van der Waals surface area contributed by atoms with Crippen LogP contribution in [0.2, 0.25) is 0 Å². The first kappa shape index (κ1) is 19.5. The molecule has 0 heterocycles. The predicted octanol–water partition coefficient (Wildman–Crippen LogP) is 3.76. The van der Waals surface area contributed by atoms with Crippen molar-refractivity contribution in [2.24, 2.45) is 5.92 Å². The van der Waals surface area contributed by atoms with E-state index in [1.165, 1.54) is 19.1 Å². The molecule has 1 aromatic rings. The SMILES string of the molecule is COC(=O)[C@@H](Cc1ccc(C(C)(C)C)cc1)NC(=O)C1CCCCC1. The molecule has 1 fully saturated rings. The number of hydrogen-bond acceptors (Lipinski definition) is 3. The highest BCUT2D eigenvalue weighted by molar-refractivity contribution is 5.86. The number of carbonyl (C=O) groups excluding carboxylic acids is 2. The van der Waals surface area contributed by atoms with Gasteiger partial charge in [0.25, 0.3) is 0 Å². The van der Waals surface area contributed by atoms with Gasteiger partial charge in [-0.25, -0.2) is 4.79 Å². The Morgan fingerprint density at radius 1 is 1.12 bits per heavy atom. The van der Waals surface area contributed by atoms with Crippen molar-refractivity contribution in [3.63, 3.8) is 0 Å². The minimum atomic E-state index is -0.625. The second kappa shape index (κ2) is 8.50. The van der Waals surface area contributed by atoms with Crippen LogP contribution in [0.1, 0.15) is 64.0 Å². The van der Waals surface area contributed by atoms with Crippen LogP contribution in [0.4, 0.5) is 0 Å². The van der Waals surface area contributed by atoms with Crippen LogP contribution >= 0.6 is 0 Å². The van der Waals surface area contributed by atoms with E-state index in [-0.39, 0.29) is 23.2 Å². The molecular weight excluding hydrogens is 314 g/mol. The van der Waals surface area contributed by atoms with Crippen molar-refractivity contribution in [1.29, 1.82) is 0 Å². The van der Waals surface area contributed by atoms with Crippen molar-refractivity contribution in [3.8, 4) is 0 Å². The standard InChI is InChI=1S/C21H31NO3/c1-21(2,3)17-12-10-15(11-13-17)14-18(20(24)25-4)22-19(23)16-8-6-5-7-9-16/h10-13,16,18H,5-9,14H2,1-4H3,(H,22,23)/t18-/m1/s1. The fourth-order valence-electron chi connectivity index (χ4n) is 3.37. The Kier molecular flexibility index (Phi) is 6.63. The molecule has 2 rings (SSSR count). The maximum absolute atomic E-state index is 12.5. The van der Waals surface area contributed by atoms with Gasteiger partial charge < -0.3 is 10.1 Å². The molecule has 1 amide bonds. The summed E-state index contributed by atoms with van der Waals surface area (Å²) < 4.78 is 4.90. The number of hydrogen-bond donors (Lipinski definition) is 1. The molecule has 0 aliphatic heterocycles. The van der Waals surface area contributed by atoms with Crippen molar-refractivity contribution < 1.29 is 14.3 Å². The van der Waals surface area contributed by atoms with Crippen molar-refractivity contribution in [3.05, 3.63) is 35.4 Å². The van der Waals surface area contributed by atoms with Gasteiger partial charge in [0.2, 0.25) is 5.91 Å². The van der Waals surface area contributed by atoms with E-state index in [0.717, 1.165) is 31.2 Å². The van der Waals surface area contributed by atoms with Crippen molar-refractivity contribution in [1.82, 2.24) is 5.32 Å². The zero-order valence-electron chi connectivity index (χ0n) is 15.9. The number of carbonyl (C=O) groups is 2. The lowest BCUT2D eigenvalue weighted by atomic mass is 9.86. The van der Waals surface area contributed by atoms with Gasteiger partial charge in [0, 0.05) is 12.3 Å². The molecule has 4 heteroatoms. The Morgan fingerprint density at radius 3 is 2.24 bits per heavy atom. The number of methoxy groups -OCH3 is 1. The molecule has 138 valence electrons. The summed E-state index contributed by atoms with van der Waals surface area (Å²) >= 11 is 0. The number of nitrogens with one attached hydrogen (secondary N) is 1. The molecule has 1 aliphatic carbocycles. The van der Waals surface area contributed by atoms with Crippen LogP contribution in [-0.4, -0.2) is 25.0 Å². The molecule has 0 saturated heterocycles. The van der Waals surface area contributed by atoms with Gasteiger partial charge >= 0.3 is 5.97 Å². The second-order valence-corrected chi connectivity index (χ2v) is 8.07. The number of rotatable bonds is 5. The topological polar surface area (TPSA) is 55.4 Å². The quantitative estimate of drug-likeness (QED) is 0.827. The fraction of sp³-hybridized carbons (Fsp3) is 0.619. The Balaban J connectivity index is 2.04. The molecule has 4 nitrogen and oxygen atoms in total.